The van der Waals surface area contributed by atoms with E-state index in [1.165, 1.54) is 0 Å². The molecule has 0 amide bonds. The van der Waals surface area contributed by atoms with E-state index in [0.717, 1.165) is 28.2 Å². The molecule has 3 nitrogen and oxygen atoms in total. The zero-order valence-electron chi connectivity index (χ0n) is 13.4. The number of hydrogen-bond donors (Lipinski definition) is 1. The third-order valence-electron chi connectivity index (χ3n) is 3.56. The molecule has 3 rings (SSSR count). The molecule has 1 aliphatic rings. The van der Waals surface area contributed by atoms with Crippen LogP contribution < -0.4 is 5.73 Å². The van der Waals surface area contributed by atoms with Gasteiger partial charge in [-0.3, -0.25) is 4.99 Å². The minimum absolute atomic E-state index is 0.555. The van der Waals surface area contributed by atoms with Gasteiger partial charge >= 0.3 is 0 Å². The lowest BCUT2D eigenvalue weighted by Crippen LogP contribution is -2.02. The maximum absolute atomic E-state index is 6.13. The number of benzene rings is 2. The molecule has 0 spiro atoms. The van der Waals surface area contributed by atoms with Crippen LogP contribution in [0.3, 0.4) is 0 Å². The molecule has 0 radical (unpaired) electrons. The van der Waals surface area contributed by atoms with Gasteiger partial charge in [-0.05, 0) is 23.8 Å². The second-order valence-electron chi connectivity index (χ2n) is 5.36. The largest absolute Gasteiger partial charge is 0.456 e. The summed E-state index contributed by atoms with van der Waals surface area (Å²) < 4.78 is 6.13. The molecule has 0 bridgehead atoms. The smallest absolute Gasteiger partial charge is 0.135 e. The number of rotatable bonds is 5. The normalized spacial score (nSPS) is 14.1. The number of aliphatic imine (C=N–C) groups is 1. The lowest BCUT2D eigenvalue weighted by Gasteiger charge is -2.18. The molecular weight excluding hydrogens is 296 g/mol. The quantitative estimate of drug-likeness (QED) is 0.846. The van der Waals surface area contributed by atoms with Crippen molar-refractivity contribution in [3.63, 3.8) is 0 Å². The topological polar surface area (TPSA) is 47.6 Å². The second kappa shape index (κ2) is 8.09. The van der Waals surface area contributed by atoms with E-state index in [1.54, 1.807) is 6.21 Å². The highest BCUT2D eigenvalue weighted by atomic mass is 16.5. The van der Waals surface area contributed by atoms with Crippen molar-refractivity contribution < 1.29 is 4.74 Å². The molecule has 0 atom stereocenters. The molecule has 0 aliphatic carbocycles. The molecule has 0 aromatic heterocycles. The fraction of sp³-hybridized carbons (Fsp3) is 0.0952. The zero-order chi connectivity index (χ0) is 16.6. The molecule has 24 heavy (non-hydrogen) atoms. The minimum Gasteiger partial charge on any atom is -0.456 e. The van der Waals surface area contributed by atoms with Crippen molar-refractivity contribution in [3.05, 3.63) is 95.6 Å². The van der Waals surface area contributed by atoms with Gasteiger partial charge in [0.15, 0.2) is 0 Å². The van der Waals surface area contributed by atoms with Gasteiger partial charge in [-0.25, -0.2) is 0 Å². The van der Waals surface area contributed by atoms with Gasteiger partial charge in [0, 0.05) is 23.9 Å². The molecule has 2 N–H and O–H groups in total. The molecule has 1 aliphatic heterocycles. The minimum atomic E-state index is 0.555. The van der Waals surface area contributed by atoms with Crippen LogP contribution in [-0.2, 0) is 4.74 Å². The van der Waals surface area contributed by atoms with Crippen LogP contribution in [-0.4, -0.2) is 19.3 Å². The standard InChI is InChI=1S/C21H20N2O/c22-12-14-23-13-11-17-15-20(18-7-3-1-4-8-18)24-21(16-17)19-9-5-2-6-10-19/h1-11,13,15-16H,12,14,22H2. The Morgan fingerprint density at radius 1 is 0.833 bits per heavy atom. The van der Waals surface area contributed by atoms with Gasteiger partial charge in [0.25, 0.3) is 0 Å². The zero-order valence-corrected chi connectivity index (χ0v) is 13.4. The van der Waals surface area contributed by atoms with E-state index in [-0.39, 0.29) is 0 Å². The van der Waals surface area contributed by atoms with Gasteiger partial charge in [0.2, 0.25) is 0 Å². The monoisotopic (exact) mass is 316 g/mol. The summed E-state index contributed by atoms with van der Waals surface area (Å²) in [7, 11) is 0. The third-order valence-corrected chi connectivity index (χ3v) is 3.56. The van der Waals surface area contributed by atoms with Gasteiger partial charge in [-0.1, -0.05) is 60.7 Å². The predicted octanol–water partition coefficient (Wildman–Crippen LogP) is 4.05. The highest BCUT2D eigenvalue weighted by Gasteiger charge is 2.14. The highest BCUT2D eigenvalue weighted by molar-refractivity contribution is 5.82. The van der Waals surface area contributed by atoms with E-state index >= 15 is 0 Å². The number of hydrogen-bond acceptors (Lipinski definition) is 3. The van der Waals surface area contributed by atoms with Gasteiger partial charge in [-0.2, -0.15) is 0 Å². The summed E-state index contributed by atoms with van der Waals surface area (Å²) in [5.41, 5.74) is 8.60. The van der Waals surface area contributed by atoms with Crippen LogP contribution in [0.2, 0.25) is 0 Å². The summed E-state index contributed by atoms with van der Waals surface area (Å²) in [6, 6.07) is 20.2. The molecular formula is C21H20N2O. The van der Waals surface area contributed by atoms with E-state index in [0.29, 0.717) is 13.1 Å². The number of ether oxygens (including phenoxy) is 1. The van der Waals surface area contributed by atoms with Crippen LogP contribution in [0.25, 0.3) is 11.5 Å². The summed E-state index contributed by atoms with van der Waals surface area (Å²) in [6.45, 7) is 1.18. The molecule has 0 unspecified atom stereocenters. The van der Waals surface area contributed by atoms with E-state index in [9.17, 15) is 0 Å². The summed E-state index contributed by atoms with van der Waals surface area (Å²) in [5.74, 6) is 1.66. The maximum Gasteiger partial charge on any atom is 0.135 e. The lowest BCUT2D eigenvalue weighted by atomic mass is 10.0. The Morgan fingerprint density at radius 2 is 1.38 bits per heavy atom. The first kappa shape index (κ1) is 16.0. The van der Waals surface area contributed by atoms with Gasteiger partial charge in [0.05, 0.1) is 6.54 Å². The van der Waals surface area contributed by atoms with Crippen LogP contribution >= 0.6 is 0 Å². The fourth-order valence-electron chi connectivity index (χ4n) is 2.40. The third kappa shape index (κ3) is 4.09. The van der Waals surface area contributed by atoms with Gasteiger partial charge in [0.1, 0.15) is 11.5 Å². The molecule has 0 fully saturated rings. The van der Waals surface area contributed by atoms with E-state index in [4.69, 9.17) is 10.5 Å². The summed E-state index contributed by atoms with van der Waals surface area (Å²) in [4.78, 5) is 4.25. The molecule has 0 saturated heterocycles. The Morgan fingerprint density at radius 3 is 1.88 bits per heavy atom. The average Bonchev–Trinajstić information content (AvgIpc) is 2.66. The Balaban J connectivity index is 1.95. The molecule has 3 heteroatoms. The average molecular weight is 316 g/mol. The molecule has 2 aromatic carbocycles. The number of nitrogens with zero attached hydrogens (tertiary/aromatic N) is 1. The van der Waals surface area contributed by atoms with E-state index in [1.807, 2.05) is 78.9 Å². The van der Waals surface area contributed by atoms with Crippen LogP contribution in [0.5, 0.6) is 0 Å². The SMILES string of the molecule is NCCN=CC=C1C=C(c2ccccc2)OC(c2ccccc2)=C1. The number of allylic oxidation sites excluding steroid dienone is 4. The van der Waals surface area contributed by atoms with E-state index < -0.39 is 0 Å². The van der Waals surface area contributed by atoms with Crippen molar-refractivity contribution in [1.82, 2.24) is 0 Å². The van der Waals surface area contributed by atoms with E-state index in [2.05, 4.69) is 4.99 Å². The predicted molar refractivity (Wildman–Crippen MR) is 100 cm³/mol. The Hall–Kier alpha value is -2.91. The van der Waals surface area contributed by atoms with Crippen LogP contribution in [0.4, 0.5) is 0 Å². The maximum atomic E-state index is 6.13. The molecule has 120 valence electrons. The van der Waals surface area contributed by atoms with Crippen LogP contribution in [0.15, 0.2) is 89.5 Å². The lowest BCUT2D eigenvalue weighted by molar-refractivity contribution is 0.467. The van der Waals surface area contributed by atoms with Crippen LogP contribution in [0, 0.1) is 0 Å². The van der Waals surface area contributed by atoms with Crippen molar-refractivity contribution in [2.75, 3.05) is 13.1 Å². The first-order valence-corrected chi connectivity index (χ1v) is 7.99. The first-order chi connectivity index (χ1) is 11.9. The van der Waals surface area contributed by atoms with Crippen molar-refractivity contribution >= 4 is 17.7 Å². The number of nitrogens with two attached hydrogens (primary N) is 1. The fourth-order valence-corrected chi connectivity index (χ4v) is 2.40. The second-order valence-corrected chi connectivity index (χ2v) is 5.36. The van der Waals surface area contributed by atoms with Gasteiger partial charge < -0.3 is 10.5 Å². The van der Waals surface area contributed by atoms with Crippen molar-refractivity contribution in [2.45, 2.75) is 0 Å². The molecule has 2 aromatic rings. The Labute approximate surface area is 142 Å². The van der Waals surface area contributed by atoms with Gasteiger partial charge in [-0.15, -0.1) is 0 Å². The summed E-state index contributed by atoms with van der Waals surface area (Å²) >= 11 is 0. The Kier molecular flexibility index (Phi) is 5.38. The van der Waals surface area contributed by atoms with Crippen molar-refractivity contribution in [2.24, 2.45) is 10.7 Å². The van der Waals surface area contributed by atoms with Crippen molar-refractivity contribution in [3.8, 4) is 0 Å². The Bertz CT molecular complexity index is 730. The summed E-state index contributed by atoms with van der Waals surface area (Å²) in [6.07, 6.45) is 7.82. The van der Waals surface area contributed by atoms with Crippen molar-refractivity contribution in [1.29, 1.82) is 0 Å². The summed E-state index contributed by atoms with van der Waals surface area (Å²) in [5, 5.41) is 0. The van der Waals surface area contributed by atoms with Crippen LogP contribution in [0.1, 0.15) is 11.1 Å². The molecule has 0 saturated carbocycles. The molecule has 1 heterocycles. The highest BCUT2D eigenvalue weighted by Crippen LogP contribution is 2.31. The first-order valence-electron chi connectivity index (χ1n) is 7.99.